The molecular weight excluding hydrogens is 331 g/mol. The van der Waals surface area contributed by atoms with Gasteiger partial charge in [0.2, 0.25) is 0 Å². The average Bonchev–Trinajstić information content (AvgIpc) is 2.64. The molecule has 138 valence electrons. The normalized spacial score (nSPS) is 30.7. The van der Waals surface area contributed by atoms with Gasteiger partial charge in [0, 0.05) is 0 Å². The molecule has 2 heteroatoms. The molecule has 1 aromatic rings. The van der Waals surface area contributed by atoms with Gasteiger partial charge in [-0.2, -0.15) is 0 Å². The number of allylic oxidation sites excluding steroid dienone is 2. The Morgan fingerprint density at radius 1 is 1.00 bits per heavy atom. The Bertz CT molecular complexity index is 563. The van der Waals surface area contributed by atoms with Gasteiger partial charge in [0.1, 0.15) is 5.82 Å². The van der Waals surface area contributed by atoms with Crippen molar-refractivity contribution in [2.24, 2.45) is 23.7 Å². The van der Waals surface area contributed by atoms with Gasteiger partial charge in [-0.1, -0.05) is 42.7 Å². The van der Waals surface area contributed by atoms with Gasteiger partial charge < -0.3 is 0 Å². The zero-order valence-electron chi connectivity index (χ0n) is 15.5. The van der Waals surface area contributed by atoms with E-state index in [2.05, 4.69) is 19.1 Å². The molecule has 0 amide bonds. The van der Waals surface area contributed by atoms with Crippen LogP contribution >= 0.6 is 11.6 Å². The average molecular weight is 363 g/mol. The number of hydrogen-bond donors (Lipinski definition) is 0. The van der Waals surface area contributed by atoms with Crippen molar-refractivity contribution in [3.63, 3.8) is 0 Å². The Morgan fingerprint density at radius 3 is 2.24 bits per heavy atom. The largest absolute Gasteiger partial charge is 0.205 e. The fraction of sp³-hybridized carbons (Fsp3) is 0.652. The van der Waals surface area contributed by atoms with Crippen LogP contribution in [-0.4, -0.2) is 0 Å². The molecule has 0 spiro atoms. The number of hydrogen-bond acceptors (Lipinski definition) is 0. The van der Waals surface area contributed by atoms with Crippen LogP contribution in [0.2, 0.25) is 5.02 Å². The fourth-order valence-electron chi connectivity index (χ4n) is 5.10. The van der Waals surface area contributed by atoms with Crippen LogP contribution in [0.4, 0.5) is 4.39 Å². The Labute approximate surface area is 157 Å². The first-order chi connectivity index (χ1) is 12.2. The van der Waals surface area contributed by atoms with Crippen molar-refractivity contribution >= 4 is 11.6 Å². The van der Waals surface area contributed by atoms with E-state index in [0.717, 1.165) is 35.7 Å². The van der Waals surface area contributed by atoms with Crippen molar-refractivity contribution in [3.8, 4) is 0 Å². The number of rotatable bonds is 5. The van der Waals surface area contributed by atoms with Crippen molar-refractivity contribution in [1.29, 1.82) is 0 Å². The smallest absolute Gasteiger partial charge is 0.142 e. The topological polar surface area (TPSA) is 0 Å². The summed E-state index contributed by atoms with van der Waals surface area (Å²) in [6.45, 7) is 2.14. The van der Waals surface area contributed by atoms with Crippen LogP contribution in [0.3, 0.4) is 0 Å². The van der Waals surface area contributed by atoms with Gasteiger partial charge in [-0.05, 0) is 99.7 Å². The SMILES string of the molecule is CC=C[C@H]1CC[C@H]([C@H]2CC[C@H](CCc3ccc(Cl)c(F)c3)CC2)CC1. The van der Waals surface area contributed by atoms with Crippen molar-refractivity contribution in [2.45, 2.75) is 71.1 Å². The number of aryl methyl sites for hydroxylation is 1. The van der Waals surface area contributed by atoms with Gasteiger partial charge in [0.25, 0.3) is 0 Å². The molecule has 2 saturated carbocycles. The van der Waals surface area contributed by atoms with Gasteiger partial charge >= 0.3 is 0 Å². The van der Waals surface area contributed by atoms with Gasteiger partial charge in [0.15, 0.2) is 0 Å². The summed E-state index contributed by atoms with van der Waals surface area (Å²) >= 11 is 5.77. The predicted molar refractivity (Wildman–Crippen MR) is 105 cm³/mol. The van der Waals surface area contributed by atoms with Crippen LogP contribution < -0.4 is 0 Å². The molecule has 0 nitrogen and oxygen atoms in total. The maximum atomic E-state index is 13.5. The first-order valence-corrected chi connectivity index (χ1v) is 10.6. The molecule has 2 fully saturated rings. The summed E-state index contributed by atoms with van der Waals surface area (Å²) in [5, 5.41) is 0.230. The summed E-state index contributed by atoms with van der Waals surface area (Å²) in [6.07, 6.45) is 18.1. The fourth-order valence-corrected chi connectivity index (χ4v) is 5.21. The monoisotopic (exact) mass is 362 g/mol. The molecule has 0 saturated heterocycles. The minimum absolute atomic E-state index is 0.230. The summed E-state index contributed by atoms with van der Waals surface area (Å²) in [5.41, 5.74) is 1.09. The van der Waals surface area contributed by atoms with Gasteiger partial charge in [-0.25, -0.2) is 4.39 Å². The van der Waals surface area contributed by atoms with Crippen LogP contribution in [-0.2, 0) is 6.42 Å². The zero-order chi connectivity index (χ0) is 17.6. The molecule has 1 aromatic carbocycles. The second kappa shape index (κ2) is 9.21. The molecule has 2 aliphatic rings. The quantitative estimate of drug-likeness (QED) is 0.473. The number of benzene rings is 1. The molecule has 0 aromatic heterocycles. The van der Waals surface area contributed by atoms with E-state index in [0.29, 0.717) is 0 Å². The summed E-state index contributed by atoms with van der Waals surface area (Å²) in [5.74, 6) is 3.34. The first kappa shape index (κ1) is 19.0. The highest BCUT2D eigenvalue weighted by atomic mass is 35.5. The second-order valence-electron chi connectivity index (χ2n) is 8.27. The van der Waals surface area contributed by atoms with Crippen LogP contribution in [0, 0.1) is 29.5 Å². The van der Waals surface area contributed by atoms with E-state index in [-0.39, 0.29) is 10.8 Å². The van der Waals surface area contributed by atoms with Crippen molar-refractivity contribution in [2.75, 3.05) is 0 Å². The lowest BCUT2D eigenvalue weighted by Crippen LogP contribution is -2.25. The minimum Gasteiger partial charge on any atom is -0.205 e. The molecule has 0 bridgehead atoms. The molecule has 0 unspecified atom stereocenters. The molecule has 0 radical (unpaired) electrons. The Morgan fingerprint density at radius 2 is 1.64 bits per heavy atom. The first-order valence-electron chi connectivity index (χ1n) is 10.2. The van der Waals surface area contributed by atoms with Crippen molar-refractivity contribution in [1.82, 2.24) is 0 Å². The molecular formula is C23H32ClF. The number of halogens is 2. The molecule has 25 heavy (non-hydrogen) atoms. The Hall–Kier alpha value is -0.820. The van der Waals surface area contributed by atoms with Gasteiger partial charge in [0.05, 0.1) is 5.02 Å². The Kier molecular flexibility index (Phi) is 6.99. The Balaban J connectivity index is 1.39. The molecule has 0 aliphatic heterocycles. The summed E-state index contributed by atoms with van der Waals surface area (Å²) in [7, 11) is 0. The maximum absolute atomic E-state index is 13.5. The highest BCUT2D eigenvalue weighted by molar-refractivity contribution is 6.30. The standard InChI is InChI=1S/C23H32ClF/c1-2-3-17-6-11-20(12-7-17)21-13-8-18(9-14-21)4-5-19-10-15-22(24)23(25)16-19/h2-3,10,15-18,20-21H,4-9,11-14H2,1H3/t17-,18-,20-,21-. The molecule has 3 rings (SSSR count). The maximum Gasteiger partial charge on any atom is 0.142 e. The lowest BCUT2D eigenvalue weighted by Gasteiger charge is -2.37. The third-order valence-corrected chi connectivity index (χ3v) is 6.97. The van der Waals surface area contributed by atoms with Crippen LogP contribution in [0.25, 0.3) is 0 Å². The van der Waals surface area contributed by atoms with Crippen molar-refractivity contribution in [3.05, 3.63) is 46.8 Å². The molecule has 0 heterocycles. The van der Waals surface area contributed by atoms with E-state index in [1.807, 2.05) is 6.07 Å². The minimum atomic E-state index is -0.281. The highest BCUT2D eigenvalue weighted by Crippen LogP contribution is 2.42. The highest BCUT2D eigenvalue weighted by Gasteiger charge is 2.30. The van der Waals surface area contributed by atoms with Crippen LogP contribution in [0.5, 0.6) is 0 Å². The molecule has 2 aliphatic carbocycles. The van der Waals surface area contributed by atoms with Crippen LogP contribution in [0.15, 0.2) is 30.4 Å². The summed E-state index contributed by atoms with van der Waals surface area (Å²) in [4.78, 5) is 0. The second-order valence-corrected chi connectivity index (χ2v) is 8.68. The summed E-state index contributed by atoms with van der Waals surface area (Å²) in [6, 6.07) is 5.27. The third-order valence-electron chi connectivity index (χ3n) is 6.66. The van der Waals surface area contributed by atoms with Gasteiger partial charge in [-0.15, -0.1) is 0 Å². The predicted octanol–water partition coefficient (Wildman–Crippen LogP) is 7.60. The lowest BCUT2D eigenvalue weighted by molar-refractivity contribution is 0.152. The lowest BCUT2D eigenvalue weighted by atomic mass is 9.68. The van der Waals surface area contributed by atoms with Crippen molar-refractivity contribution < 1.29 is 4.39 Å². The van der Waals surface area contributed by atoms with E-state index in [4.69, 9.17) is 11.6 Å². The zero-order valence-corrected chi connectivity index (χ0v) is 16.3. The van der Waals surface area contributed by atoms with E-state index >= 15 is 0 Å². The van der Waals surface area contributed by atoms with E-state index < -0.39 is 0 Å². The molecule has 0 N–H and O–H groups in total. The summed E-state index contributed by atoms with van der Waals surface area (Å²) < 4.78 is 13.5. The van der Waals surface area contributed by atoms with Gasteiger partial charge in [-0.3, -0.25) is 0 Å². The van der Waals surface area contributed by atoms with E-state index in [1.54, 1.807) is 12.1 Å². The molecule has 0 atom stereocenters. The third kappa shape index (κ3) is 5.33. The van der Waals surface area contributed by atoms with E-state index in [1.165, 1.54) is 57.8 Å². The van der Waals surface area contributed by atoms with E-state index in [9.17, 15) is 4.39 Å². The van der Waals surface area contributed by atoms with Crippen LogP contribution in [0.1, 0.15) is 70.3 Å².